The number of amides is 1. The van der Waals surface area contributed by atoms with Crippen LogP contribution in [0.4, 0.5) is 10.1 Å². The molecule has 0 unspecified atom stereocenters. The number of likely N-dealkylation sites (N-methyl/N-ethyl adjacent to an activating group) is 1. The van der Waals surface area contributed by atoms with E-state index in [1.807, 2.05) is 0 Å². The first-order chi connectivity index (χ1) is 18.2. The van der Waals surface area contributed by atoms with Crippen molar-refractivity contribution in [1.82, 2.24) is 9.80 Å². The summed E-state index contributed by atoms with van der Waals surface area (Å²) in [4.78, 5) is 44.2. The number of aromatic hydroxyl groups is 1. The number of carbonyl (C=O) groups is 3. The lowest BCUT2D eigenvalue weighted by Crippen LogP contribution is -2.65. The lowest BCUT2D eigenvalue weighted by atomic mass is 9.57. The number of Topliss-reactive ketones (excluding diaryl/α,β-unsaturated/α-hetero) is 2. The van der Waals surface area contributed by atoms with Crippen molar-refractivity contribution in [2.24, 2.45) is 17.6 Å². The van der Waals surface area contributed by atoms with Gasteiger partial charge in [0.15, 0.2) is 11.4 Å². The number of fused-ring (bicyclic) bond motifs is 3. The molecule has 1 amide bonds. The van der Waals surface area contributed by atoms with Gasteiger partial charge in [-0.05, 0) is 51.5 Å². The number of phenolic OH excluding ortho intramolecular Hbond substituents is 1. The number of benzene rings is 1. The standard InChI is InChI=1S/C27H35FN4O7/c1-30(2)16-10-13(11-32(5)7-6-28)21(33)18-14(16)8-12-9-15-20(31(3)4)23(35)19(26(29)38)25(37)27(15,39)24(36)17(12)22(18)34/h10,12,15,20,33-34,37,39H,6-9,11H2,1-5H3,(H2,29,38)/t12-,15-,20-,27-/m0/s1. The summed E-state index contributed by atoms with van der Waals surface area (Å²) >= 11 is 0. The number of aliphatic hydroxyl groups is 3. The molecule has 0 radical (unpaired) electrons. The molecule has 39 heavy (non-hydrogen) atoms. The molecule has 4 atom stereocenters. The van der Waals surface area contributed by atoms with E-state index in [1.54, 1.807) is 51.1 Å². The van der Waals surface area contributed by atoms with E-state index in [2.05, 4.69) is 0 Å². The number of carbonyl (C=O) groups excluding carboxylic acids is 3. The number of hydrogen-bond acceptors (Lipinski definition) is 10. The van der Waals surface area contributed by atoms with E-state index in [4.69, 9.17) is 5.73 Å². The largest absolute Gasteiger partial charge is 0.508 e. The number of phenols is 1. The number of aliphatic hydroxyl groups excluding tert-OH is 2. The van der Waals surface area contributed by atoms with Gasteiger partial charge in [0, 0.05) is 49.9 Å². The van der Waals surface area contributed by atoms with Crippen molar-refractivity contribution in [1.29, 1.82) is 0 Å². The highest BCUT2D eigenvalue weighted by Gasteiger charge is 2.64. The van der Waals surface area contributed by atoms with E-state index in [9.17, 15) is 39.2 Å². The van der Waals surface area contributed by atoms with E-state index < -0.39 is 64.7 Å². The third-order valence-corrected chi connectivity index (χ3v) is 8.16. The average molecular weight is 547 g/mol. The number of halogens is 1. The smallest absolute Gasteiger partial charge is 0.255 e. The Morgan fingerprint density at radius 3 is 2.33 bits per heavy atom. The maximum Gasteiger partial charge on any atom is 0.255 e. The van der Waals surface area contributed by atoms with E-state index in [1.165, 1.54) is 4.90 Å². The van der Waals surface area contributed by atoms with Gasteiger partial charge in [-0.25, -0.2) is 4.39 Å². The zero-order valence-corrected chi connectivity index (χ0v) is 22.7. The average Bonchev–Trinajstić information content (AvgIpc) is 2.82. The topological polar surface area (TPSA) is 168 Å². The molecule has 3 aliphatic carbocycles. The molecule has 0 aliphatic heterocycles. The zero-order valence-electron chi connectivity index (χ0n) is 22.7. The van der Waals surface area contributed by atoms with Gasteiger partial charge in [0.05, 0.1) is 11.6 Å². The molecule has 1 aromatic rings. The van der Waals surface area contributed by atoms with Crippen LogP contribution in [0.3, 0.4) is 0 Å². The number of ketones is 2. The molecule has 3 aliphatic rings. The fourth-order valence-corrected chi connectivity index (χ4v) is 6.38. The third-order valence-electron chi connectivity index (χ3n) is 8.16. The van der Waals surface area contributed by atoms with Crippen LogP contribution in [-0.4, -0.2) is 108 Å². The molecule has 0 saturated heterocycles. The molecule has 11 nitrogen and oxygen atoms in total. The number of rotatable bonds is 7. The van der Waals surface area contributed by atoms with Gasteiger partial charge in [-0.2, -0.15) is 0 Å². The van der Waals surface area contributed by atoms with Crippen molar-refractivity contribution in [2.75, 3.05) is 53.4 Å². The van der Waals surface area contributed by atoms with E-state index in [-0.39, 0.29) is 42.8 Å². The fraction of sp³-hybridized carbons (Fsp3) is 0.519. The Kier molecular flexibility index (Phi) is 7.26. The highest BCUT2D eigenvalue weighted by atomic mass is 19.1. The van der Waals surface area contributed by atoms with Gasteiger partial charge in [-0.3, -0.25) is 24.2 Å². The minimum absolute atomic E-state index is 0.0143. The van der Waals surface area contributed by atoms with Crippen LogP contribution in [0.2, 0.25) is 0 Å². The van der Waals surface area contributed by atoms with Gasteiger partial charge in [-0.15, -0.1) is 0 Å². The Labute approximate surface area is 225 Å². The Morgan fingerprint density at radius 1 is 1.15 bits per heavy atom. The number of anilines is 1. The maximum atomic E-state index is 14.0. The Morgan fingerprint density at radius 2 is 1.79 bits per heavy atom. The third kappa shape index (κ3) is 4.17. The van der Waals surface area contributed by atoms with Crippen molar-refractivity contribution in [3.8, 4) is 5.75 Å². The number of alkyl halides is 1. The molecule has 0 heterocycles. The molecule has 1 saturated carbocycles. The van der Waals surface area contributed by atoms with Gasteiger partial charge in [0.25, 0.3) is 5.91 Å². The maximum absolute atomic E-state index is 14.0. The fourth-order valence-electron chi connectivity index (χ4n) is 6.38. The molecule has 0 aromatic heterocycles. The second-order valence-corrected chi connectivity index (χ2v) is 11.0. The molecule has 12 heteroatoms. The summed E-state index contributed by atoms with van der Waals surface area (Å²) in [6.07, 6.45) is 0.205. The summed E-state index contributed by atoms with van der Waals surface area (Å²) in [6.45, 7) is -0.307. The molecule has 0 bridgehead atoms. The Bertz CT molecular complexity index is 1320. The van der Waals surface area contributed by atoms with Crippen molar-refractivity contribution >= 4 is 28.9 Å². The van der Waals surface area contributed by atoms with Crippen LogP contribution in [0.1, 0.15) is 23.1 Å². The predicted molar refractivity (Wildman–Crippen MR) is 141 cm³/mol. The monoisotopic (exact) mass is 546 g/mol. The highest BCUT2D eigenvalue weighted by molar-refractivity contribution is 6.24. The highest BCUT2D eigenvalue weighted by Crippen LogP contribution is 2.54. The lowest BCUT2D eigenvalue weighted by Gasteiger charge is -2.50. The van der Waals surface area contributed by atoms with Gasteiger partial charge >= 0.3 is 0 Å². The molecule has 1 fully saturated rings. The Hall–Kier alpha value is -3.48. The minimum atomic E-state index is -2.69. The van der Waals surface area contributed by atoms with Crippen molar-refractivity contribution in [2.45, 2.75) is 31.0 Å². The SMILES string of the molecule is CN(CCF)Cc1cc(N(C)C)c2c(c1O)C(O)=C1C(=O)[C@]3(O)C(O)=C(C(N)=O)C(=O)[C@@H](N(C)C)[C@@H]3C[C@@H]1C2. The lowest BCUT2D eigenvalue weighted by molar-refractivity contribution is -0.153. The summed E-state index contributed by atoms with van der Waals surface area (Å²) in [5, 5.41) is 45.4. The molecule has 1 aromatic carbocycles. The summed E-state index contributed by atoms with van der Waals surface area (Å²) in [7, 11) is 8.37. The van der Waals surface area contributed by atoms with Crippen LogP contribution in [0.25, 0.3) is 5.76 Å². The molecule has 6 N–H and O–H groups in total. The van der Waals surface area contributed by atoms with Crippen LogP contribution in [0.5, 0.6) is 5.75 Å². The van der Waals surface area contributed by atoms with Crippen LogP contribution in [0.15, 0.2) is 23.0 Å². The van der Waals surface area contributed by atoms with Crippen LogP contribution < -0.4 is 10.6 Å². The second kappa shape index (κ2) is 9.92. The molecule has 0 spiro atoms. The van der Waals surface area contributed by atoms with Crippen LogP contribution in [0, 0.1) is 11.8 Å². The van der Waals surface area contributed by atoms with Gasteiger partial charge < -0.3 is 31.1 Å². The quantitative estimate of drug-likeness (QED) is 0.303. The minimum Gasteiger partial charge on any atom is -0.508 e. The summed E-state index contributed by atoms with van der Waals surface area (Å²) in [6, 6.07) is 0.611. The second-order valence-electron chi connectivity index (χ2n) is 11.0. The van der Waals surface area contributed by atoms with Crippen molar-refractivity contribution in [3.05, 3.63) is 39.7 Å². The van der Waals surface area contributed by atoms with Crippen LogP contribution >= 0.6 is 0 Å². The summed E-state index contributed by atoms with van der Waals surface area (Å²) < 4.78 is 12.9. The first-order valence-corrected chi connectivity index (χ1v) is 12.6. The number of primary amides is 1. The van der Waals surface area contributed by atoms with Crippen LogP contribution in [-0.2, 0) is 27.3 Å². The van der Waals surface area contributed by atoms with Crippen molar-refractivity contribution in [3.63, 3.8) is 0 Å². The predicted octanol–water partition coefficient (Wildman–Crippen LogP) is 0.431. The van der Waals surface area contributed by atoms with Gasteiger partial charge in [0.2, 0.25) is 5.78 Å². The molecule has 212 valence electrons. The van der Waals surface area contributed by atoms with E-state index in [0.717, 1.165) is 0 Å². The van der Waals surface area contributed by atoms with Gasteiger partial charge in [0.1, 0.15) is 29.5 Å². The van der Waals surface area contributed by atoms with Crippen molar-refractivity contribution < 1.29 is 39.2 Å². The summed E-state index contributed by atoms with van der Waals surface area (Å²) in [5.41, 5.74) is 3.26. The van der Waals surface area contributed by atoms with E-state index in [0.29, 0.717) is 16.8 Å². The Balaban J connectivity index is 1.96. The molecular weight excluding hydrogens is 511 g/mol. The number of nitrogens with zero attached hydrogens (tertiary/aromatic N) is 3. The van der Waals surface area contributed by atoms with E-state index >= 15 is 0 Å². The summed E-state index contributed by atoms with van der Waals surface area (Å²) in [5.74, 6) is -6.90. The normalized spacial score (nSPS) is 26.6. The number of nitrogens with two attached hydrogens (primary N) is 1. The first-order valence-electron chi connectivity index (χ1n) is 12.6. The van der Waals surface area contributed by atoms with Gasteiger partial charge in [-0.1, -0.05) is 0 Å². The number of hydrogen-bond donors (Lipinski definition) is 5. The zero-order chi connectivity index (χ0) is 29.1. The molecule has 4 rings (SSSR count). The first kappa shape index (κ1) is 28.5. The molecular formula is C27H35FN4O7.